The standard InChI is InChI=1S/C24H23N3O2S2/c1-14-12-18(15(2)27(14)16-8-4-3-5-9-16)19(28)13-30-24-25-22(29)21-17-10-6-7-11-20(17)31-23(21)26-24/h3-5,8-9,12H,6-7,10-11,13H2,1-2H3,(H,25,26,29). The van der Waals surface area contributed by atoms with E-state index in [-0.39, 0.29) is 17.1 Å². The summed E-state index contributed by atoms with van der Waals surface area (Å²) in [7, 11) is 0. The Bertz CT molecular complexity index is 1350. The number of thioether (sulfide) groups is 1. The summed E-state index contributed by atoms with van der Waals surface area (Å²) in [5.41, 5.74) is 4.81. The largest absolute Gasteiger partial charge is 0.318 e. The first-order chi connectivity index (χ1) is 15.0. The Morgan fingerprint density at radius 3 is 2.77 bits per heavy atom. The number of ketones is 1. The lowest BCUT2D eigenvalue weighted by Crippen LogP contribution is -2.12. The SMILES string of the molecule is Cc1cc(C(=O)CSc2nc3sc4c(c3c(=O)[nH]2)CCCC4)c(C)n1-c1ccccc1. The number of hydrogen-bond donors (Lipinski definition) is 1. The molecule has 0 radical (unpaired) electrons. The topological polar surface area (TPSA) is 67.8 Å². The van der Waals surface area contributed by atoms with Gasteiger partial charge in [0.15, 0.2) is 10.9 Å². The molecule has 5 nitrogen and oxygen atoms in total. The molecule has 5 rings (SSSR count). The van der Waals surface area contributed by atoms with E-state index in [9.17, 15) is 9.59 Å². The number of Topliss-reactive ketones (excluding diaryl/α,β-unsaturated/α-hetero) is 1. The number of aryl methyl sites for hydroxylation is 3. The summed E-state index contributed by atoms with van der Waals surface area (Å²) >= 11 is 2.93. The van der Waals surface area contributed by atoms with Crippen molar-refractivity contribution in [3.05, 3.63) is 74.1 Å². The highest BCUT2D eigenvalue weighted by Crippen LogP contribution is 2.34. The zero-order chi connectivity index (χ0) is 21.5. The van der Waals surface area contributed by atoms with Gasteiger partial charge in [0.05, 0.1) is 11.1 Å². The van der Waals surface area contributed by atoms with E-state index in [0.717, 1.165) is 46.6 Å². The van der Waals surface area contributed by atoms with Gasteiger partial charge in [-0.1, -0.05) is 30.0 Å². The molecular formula is C24H23N3O2S2. The monoisotopic (exact) mass is 449 g/mol. The molecule has 0 saturated carbocycles. The minimum absolute atomic E-state index is 0.0356. The van der Waals surface area contributed by atoms with Gasteiger partial charge in [0, 0.05) is 27.5 Å². The summed E-state index contributed by atoms with van der Waals surface area (Å²) in [5.74, 6) is 0.270. The van der Waals surface area contributed by atoms with Crippen LogP contribution in [0.15, 0.2) is 46.3 Å². The van der Waals surface area contributed by atoms with Crippen molar-refractivity contribution < 1.29 is 4.79 Å². The maximum Gasteiger partial charge on any atom is 0.260 e. The number of aromatic amines is 1. The van der Waals surface area contributed by atoms with Gasteiger partial charge in [0.25, 0.3) is 5.56 Å². The van der Waals surface area contributed by atoms with Crippen molar-refractivity contribution in [3.8, 4) is 5.69 Å². The number of thiophene rings is 1. The highest BCUT2D eigenvalue weighted by Gasteiger charge is 2.21. The Labute approximate surface area is 188 Å². The average Bonchev–Trinajstić information content (AvgIpc) is 3.29. The lowest BCUT2D eigenvalue weighted by Gasteiger charge is -2.09. The minimum atomic E-state index is -0.0818. The third-order valence-corrected chi connectivity index (χ3v) is 7.95. The van der Waals surface area contributed by atoms with Gasteiger partial charge in [-0.2, -0.15) is 0 Å². The Morgan fingerprint density at radius 1 is 1.19 bits per heavy atom. The number of nitrogens with zero attached hydrogens (tertiary/aromatic N) is 2. The highest BCUT2D eigenvalue weighted by molar-refractivity contribution is 7.99. The average molecular weight is 450 g/mol. The fourth-order valence-electron chi connectivity index (χ4n) is 4.44. The number of aromatic nitrogens is 3. The number of benzene rings is 1. The van der Waals surface area contributed by atoms with Gasteiger partial charge >= 0.3 is 0 Å². The Kier molecular flexibility index (Phi) is 5.32. The number of para-hydroxylation sites is 1. The minimum Gasteiger partial charge on any atom is -0.318 e. The molecule has 0 bridgehead atoms. The summed E-state index contributed by atoms with van der Waals surface area (Å²) < 4.78 is 2.10. The van der Waals surface area contributed by atoms with Crippen molar-refractivity contribution >= 4 is 39.1 Å². The summed E-state index contributed by atoms with van der Waals surface area (Å²) in [4.78, 5) is 35.4. The number of carbonyl (C=O) groups is 1. The van der Waals surface area contributed by atoms with Crippen molar-refractivity contribution in [2.24, 2.45) is 0 Å². The maximum absolute atomic E-state index is 13.0. The first-order valence-corrected chi connectivity index (χ1v) is 12.3. The van der Waals surface area contributed by atoms with Crippen LogP contribution in [0.1, 0.15) is 45.0 Å². The second kappa shape index (κ2) is 8.13. The number of carbonyl (C=O) groups excluding carboxylic acids is 1. The highest BCUT2D eigenvalue weighted by atomic mass is 32.2. The first kappa shape index (κ1) is 20.3. The molecule has 1 aliphatic rings. The molecule has 158 valence electrons. The molecule has 1 N–H and O–H groups in total. The van der Waals surface area contributed by atoms with Crippen LogP contribution in [-0.2, 0) is 12.8 Å². The number of H-pyrrole nitrogens is 1. The molecule has 0 fully saturated rings. The fraction of sp³-hybridized carbons (Fsp3) is 0.292. The molecule has 0 saturated heterocycles. The van der Waals surface area contributed by atoms with E-state index >= 15 is 0 Å². The second-order valence-electron chi connectivity index (χ2n) is 7.93. The van der Waals surface area contributed by atoms with Crippen LogP contribution in [0.25, 0.3) is 15.9 Å². The van der Waals surface area contributed by atoms with Crippen LogP contribution in [0, 0.1) is 13.8 Å². The number of hydrogen-bond acceptors (Lipinski definition) is 5. The van der Waals surface area contributed by atoms with Gasteiger partial charge in [-0.15, -0.1) is 11.3 Å². The van der Waals surface area contributed by atoms with E-state index in [2.05, 4.69) is 14.5 Å². The van der Waals surface area contributed by atoms with E-state index in [1.54, 1.807) is 11.3 Å². The molecule has 1 aromatic carbocycles. The molecule has 0 aliphatic heterocycles. The summed E-state index contributed by atoms with van der Waals surface area (Å²) in [6.07, 6.45) is 4.30. The molecule has 0 amide bonds. The molecule has 7 heteroatoms. The van der Waals surface area contributed by atoms with Crippen molar-refractivity contribution in [1.29, 1.82) is 0 Å². The second-order valence-corrected chi connectivity index (χ2v) is 9.98. The van der Waals surface area contributed by atoms with Crippen molar-refractivity contribution in [3.63, 3.8) is 0 Å². The molecular weight excluding hydrogens is 426 g/mol. The zero-order valence-corrected chi connectivity index (χ0v) is 19.2. The third kappa shape index (κ3) is 3.66. The quantitative estimate of drug-likeness (QED) is 0.257. The van der Waals surface area contributed by atoms with Gasteiger partial charge < -0.3 is 9.55 Å². The molecule has 3 heterocycles. The van der Waals surface area contributed by atoms with Crippen LogP contribution >= 0.6 is 23.1 Å². The van der Waals surface area contributed by atoms with Crippen molar-refractivity contribution in [1.82, 2.24) is 14.5 Å². The Hall–Kier alpha value is -2.64. The predicted molar refractivity (Wildman–Crippen MR) is 127 cm³/mol. The predicted octanol–water partition coefficient (Wildman–Crippen LogP) is 5.25. The van der Waals surface area contributed by atoms with Crippen molar-refractivity contribution in [2.45, 2.75) is 44.7 Å². The summed E-state index contributed by atoms with van der Waals surface area (Å²) in [6, 6.07) is 12.0. The van der Waals surface area contributed by atoms with Gasteiger partial charge in [-0.3, -0.25) is 9.59 Å². The van der Waals surface area contributed by atoms with Crippen LogP contribution < -0.4 is 5.56 Å². The number of fused-ring (bicyclic) bond motifs is 3. The number of nitrogens with one attached hydrogen (secondary N) is 1. The van der Waals surface area contributed by atoms with Crippen LogP contribution in [0.2, 0.25) is 0 Å². The Morgan fingerprint density at radius 2 is 1.97 bits per heavy atom. The van der Waals surface area contributed by atoms with E-state index in [1.165, 1.54) is 28.6 Å². The van der Waals surface area contributed by atoms with E-state index in [1.807, 2.05) is 50.2 Å². The summed E-state index contributed by atoms with van der Waals surface area (Å²) in [5, 5.41) is 1.27. The molecule has 4 aromatic rings. The van der Waals surface area contributed by atoms with Crippen LogP contribution in [0.4, 0.5) is 0 Å². The van der Waals surface area contributed by atoms with Gasteiger partial charge in [0.1, 0.15) is 4.83 Å². The maximum atomic E-state index is 13.0. The van der Waals surface area contributed by atoms with Gasteiger partial charge in [-0.05, 0) is 63.3 Å². The molecule has 0 atom stereocenters. The van der Waals surface area contributed by atoms with Crippen molar-refractivity contribution in [2.75, 3.05) is 5.75 Å². The van der Waals surface area contributed by atoms with E-state index in [4.69, 9.17) is 0 Å². The van der Waals surface area contributed by atoms with E-state index < -0.39 is 0 Å². The Balaban J connectivity index is 1.39. The lowest BCUT2D eigenvalue weighted by atomic mass is 9.97. The zero-order valence-electron chi connectivity index (χ0n) is 17.5. The lowest BCUT2D eigenvalue weighted by molar-refractivity contribution is 0.102. The molecule has 31 heavy (non-hydrogen) atoms. The molecule has 1 aliphatic carbocycles. The van der Waals surface area contributed by atoms with E-state index in [0.29, 0.717) is 10.7 Å². The van der Waals surface area contributed by atoms with Crippen LogP contribution in [0.3, 0.4) is 0 Å². The molecule has 0 unspecified atom stereocenters. The van der Waals surface area contributed by atoms with Gasteiger partial charge in [0.2, 0.25) is 0 Å². The summed E-state index contributed by atoms with van der Waals surface area (Å²) in [6.45, 7) is 3.98. The smallest absolute Gasteiger partial charge is 0.260 e. The normalized spacial score (nSPS) is 13.5. The molecule has 0 spiro atoms. The van der Waals surface area contributed by atoms with Crippen LogP contribution in [-0.4, -0.2) is 26.1 Å². The third-order valence-electron chi connectivity index (χ3n) is 5.89. The molecule has 3 aromatic heterocycles. The fourth-order valence-corrected chi connectivity index (χ4v) is 6.51. The number of rotatable bonds is 5. The van der Waals surface area contributed by atoms with Crippen LogP contribution in [0.5, 0.6) is 0 Å². The van der Waals surface area contributed by atoms with Gasteiger partial charge in [-0.25, -0.2) is 4.98 Å². The first-order valence-electron chi connectivity index (χ1n) is 10.5.